The topological polar surface area (TPSA) is 101 Å². The number of carbonyl (C=O) groups is 3. The van der Waals surface area contributed by atoms with Gasteiger partial charge in [-0.1, -0.05) is 28.1 Å². The summed E-state index contributed by atoms with van der Waals surface area (Å²) in [4.78, 5) is 34.9. The molecule has 21 heavy (non-hydrogen) atoms. The average Bonchev–Trinajstić information content (AvgIpc) is 2.39. The van der Waals surface area contributed by atoms with Crippen molar-refractivity contribution in [2.45, 2.75) is 25.8 Å². The Labute approximate surface area is 131 Å². The van der Waals surface area contributed by atoms with E-state index in [1.54, 1.807) is 0 Å². The number of benzene rings is 1. The lowest BCUT2D eigenvalue weighted by Crippen LogP contribution is -2.37. The van der Waals surface area contributed by atoms with E-state index in [9.17, 15) is 14.4 Å². The first-order valence-corrected chi connectivity index (χ1v) is 7.20. The number of carboxylic acids is 1. The number of aliphatic carboxylic acids is 1. The van der Waals surface area contributed by atoms with Crippen LogP contribution in [0.25, 0.3) is 0 Å². The van der Waals surface area contributed by atoms with Gasteiger partial charge in [0.2, 0.25) is 11.8 Å². The van der Waals surface area contributed by atoms with Crippen LogP contribution in [0.5, 0.6) is 0 Å². The lowest BCUT2D eigenvalue weighted by molar-refractivity contribution is -0.138. The molecule has 0 saturated heterocycles. The van der Waals surface area contributed by atoms with E-state index in [0.29, 0.717) is 0 Å². The molecule has 0 aromatic heterocycles. The van der Waals surface area contributed by atoms with Crippen LogP contribution in [0.4, 0.5) is 0 Å². The van der Waals surface area contributed by atoms with Crippen molar-refractivity contribution in [3.63, 3.8) is 0 Å². The van der Waals surface area contributed by atoms with Crippen molar-refractivity contribution in [1.82, 2.24) is 4.90 Å². The number of carbonyl (C=O) groups excluding carboxylic acids is 2. The zero-order valence-electron chi connectivity index (χ0n) is 11.4. The van der Waals surface area contributed by atoms with Gasteiger partial charge in [0, 0.05) is 23.9 Å². The highest BCUT2D eigenvalue weighted by Crippen LogP contribution is 2.13. The third kappa shape index (κ3) is 6.89. The van der Waals surface area contributed by atoms with Crippen molar-refractivity contribution in [3.8, 4) is 0 Å². The number of rotatable bonds is 8. The van der Waals surface area contributed by atoms with Crippen molar-refractivity contribution < 1.29 is 19.5 Å². The van der Waals surface area contributed by atoms with Gasteiger partial charge in [0.15, 0.2) is 0 Å². The predicted octanol–water partition coefficient (Wildman–Crippen LogP) is 1.52. The Kier molecular flexibility index (Phi) is 6.87. The van der Waals surface area contributed by atoms with Crippen molar-refractivity contribution in [3.05, 3.63) is 34.3 Å². The Morgan fingerprint density at radius 2 is 1.76 bits per heavy atom. The Morgan fingerprint density at radius 1 is 1.14 bits per heavy atom. The molecule has 0 aliphatic carbocycles. The number of primary amides is 1. The molecule has 6 nitrogen and oxygen atoms in total. The number of carboxylic acid groups (broad SMARTS) is 1. The fraction of sp³-hybridized carbons (Fsp3) is 0.357. The van der Waals surface area contributed by atoms with E-state index >= 15 is 0 Å². The molecule has 0 heterocycles. The van der Waals surface area contributed by atoms with Gasteiger partial charge < -0.3 is 15.7 Å². The van der Waals surface area contributed by atoms with Crippen LogP contribution in [0.1, 0.15) is 24.8 Å². The van der Waals surface area contributed by atoms with Gasteiger partial charge in [0.1, 0.15) is 0 Å². The van der Waals surface area contributed by atoms with Crippen molar-refractivity contribution in [2.75, 3.05) is 6.54 Å². The fourth-order valence-electron chi connectivity index (χ4n) is 1.78. The summed E-state index contributed by atoms with van der Waals surface area (Å²) >= 11 is 3.32. The summed E-state index contributed by atoms with van der Waals surface area (Å²) in [6, 6.07) is 7.35. The number of nitrogens with two attached hydrogens (primary N) is 1. The van der Waals surface area contributed by atoms with E-state index in [0.717, 1.165) is 10.0 Å². The van der Waals surface area contributed by atoms with Gasteiger partial charge in [-0.05, 0) is 24.1 Å². The maximum Gasteiger partial charge on any atom is 0.303 e. The lowest BCUT2D eigenvalue weighted by Gasteiger charge is -2.21. The van der Waals surface area contributed by atoms with Crippen LogP contribution < -0.4 is 5.73 Å². The molecule has 0 bridgehead atoms. The van der Waals surface area contributed by atoms with Crippen molar-refractivity contribution in [1.29, 1.82) is 0 Å². The molecule has 114 valence electrons. The van der Waals surface area contributed by atoms with Crippen LogP contribution in [0.3, 0.4) is 0 Å². The molecule has 0 aliphatic rings. The second kappa shape index (κ2) is 8.41. The maximum atomic E-state index is 12.0. The van der Waals surface area contributed by atoms with Crippen LogP contribution in [-0.2, 0) is 20.9 Å². The van der Waals surface area contributed by atoms with Crippen LogP contribution >= 0.6 is 15.9 Å². The lowest BCUT2D eigenvalue weighted by atomic mass is 10.2. The Bertz CT molecular complexity index is 516. The first-order chi connectivity index (χ1) is 9.88. The van der Waals surface area contributed by atoms with E-state index in [4.69, 9.17) is 10.8 Å². The molecule has 0 saturated carbocycles. The Hall–Kier alpha value is -1.89. The maximum absolute atomic E-state index is 12.0. The molecule has 0 aliphatic heterocycles. The van der Waals surface area contributed by atoms with Gasteiger partial charge in [-0.2, -0.15) is 0 Å². The number of amides is 2. The van der Waals surface area contributed by atoms with E-state index < -0.39 is 11.9 Å². The normalized spacial score (nSPS) is 10.1. The molecule has 7 heteroatoms. The monoisotopic (exact) mass is 356 g/mol. The summed E-state index contributed by atoms with van der Waals surface area (Å²) < 4.78 is 0.917. The van der Waals surface area contributed by atoms with Gasteiger partial charge in [-0.15, -0.1) is 0 Å². The van der Waals surface area contributed by atoms with E-state index in [2.05, 4.69) is 15.9 Å². The third-order valence-corrected chi connectivity index (χ3v) is 3.30. The van der Waals surface area contributed by atoms with Crippen molar-refractivity contribution in [2.24, 2.45) is 5.73 Å². The molecule has 0 unspecified atom stereocenters. The third-order valence-electron chi connectivity index (χ3n) is 2.77. The highest BCUT2D eigenvalue weighted by atomic mass is 79.9. The summed E-state index contributed by atoms with van der Waals surface area (Å²) in [6.07, 6.45) is 0.244. The molecule has 1 aromatic rings. The SMILES string of the molecule is NC(=O)CN(Cc1ccc(Br)cc1)C(=O)CCCC(=O)O. The average molecular weight is 357 g/mol. The first-order valence-electron chi connectivity index (χ1n) is 6.41. The summed E-state index contributed by atoms with van der Waals surface area (Å²) in [5.74, 6) is -1.83. The minimum absolute atomic E-state index is 0.0750. The van der Waals surface area contributed by atoms with E-state index in [1.807, 2.05) is 24.3 Å². The molecule has 0 radical (unpaired) electrons. The molecule has 0 atom stereocenters. The van der Waals surface area contributed by atoms with Crippen LogP contribution in [0.15, 0.2) is 28.7 Å². The number of halogens is 1. The minimum Gasteiger partial charge on any atom is -0.481 e. The molecule has 0 spiro atoms. The van der Waals surface area contributed by atoms with Crippen LogP contribution in [0.2, 0.25) is 0 Å². The predicted molar refractivity (Wildman–Crippen MR) is 80.2 cm³/mol. The zero-order valence-corrected chi connectivity index (χ0v) is 13.0. The molecule has 1 aromatic carbocycles. The van der Waals surface area contributed by atoms with Gasteiger partial charge in [-0.3, -0.25) is 14.4 Å². The molecular formula is C14H17BrN2O4. The van der Waals surface area contributed by atoms with E-state index in [1.165, 1.54) is 4.90 Å². The molecule has 2 amide bonds. The highest BCUT2D eigenvalue weighted by Gasteiger charge is 2.16. The molecule has 0 fully saturated rings. The number of hydrogen-bond donors (Lipinski definition) is 2. The van der Waals surface area contributed by atoms with Crippen LogP contribution in [0, 0.1) is 0 Å². The first kappa shape index (κ1) is 17.2. The summed E-state index contributed by atoms with van der Waals surface area (Å²) in [6.45, 7) is 0.0874. The van der Waals surface area contributed by atoms with Crippen LogP contribution in [-0.4, -0.2) is 34.3 Å². The van der Waals surface area contributed by atoms with Crippen molar-refractivity contribution >= 4 is 33.7 Å². The highest BCUT2D eigenvalue weighted by molar-refractivity contribution is 9.10. The molecule has 1 rings (SSSR count). The number of nitrogens with zero attached hydrogens (tertiary/aromatic N) is 1. The largest absolute Gasteiger partial charge is 0.481 e. The smallest absolute Gasteiger partial charge is 0.303 e. The Balaban J connectivity index is 2.65. The second-order valence-corrected chi connectivity index (χ2v) is 5.51. The van der Waals surface area contributed by atoms with Gasteiger partial charge in [0.05, 0.1) is 6.54 Å². The fourth-order valence-corrected chi connectivity index (χ4v) is 2.04. The quantitative estimate of drug-likeness (QED) is 0.737. The number of hydrogen-bond acceptors (Lipinski definition) is 3. The summed E-state index contributed by atoms with van der Waals surface area (Å²) in [5.41, 5.74) is 6.02. The summed E-state index contributed by atoms with van der Waals surface area (Å²) in [5, 5.41) is 8.57. The van der Waals surface area contributed by atoms with Gasteiger partial charge in [0.25, 0.3) is 0 Å². The molecule has 3 N–H and O–H groups in total. The summed E-state index contributed by atoms with van der Waals surface area (Å²) in [7, 11) is 0. The zero-order chi connectivity index (χ0) is 15.8. The van der Waals surface area contributed by atoms with E-state index in [-0.39, 0.29) is 38.3 Å². The molecular weight excluding hydrogens is 340 g/mol. The Morgan fingerprint density at radius 3 is 2.29 bits per heavy atom. The minimum atomic E-state index is -0.947. The standard InChI is InChI=1S/C14H17BrN2O4/c15-11-6-4-10(5-7-11)8-17(9-12(16)18)13(19)2-1-3-14(20)21/h4-7H,1-3,8-9H2,(H2,16,18)(H,20,21). The van der Waals surface area contributed by atoms with Gasteiger partial charge in [-0.25, -0.2) is 0 Å². The second-order valence-electron chi connectivity index (χ2n) is 4.59. The van der Waals surface area contributed by atoms with Gasteiger partial charge >= 0.3 is 5.97 Å².